The number of hydrogen-bond acceptors (Lipinski definition) is 4. The molecule has 0 aliphatic carbocycles. The van der Waals surface area contributed by atoms with E-state index in [1.54, 1.807) is 0 Å². The van der Waals surface area contributed by atoms with Crippen molar-refractivity contribution in [2.45, 2.75) is 219 Å². The monoisotopic (exact) mass is 946 g/mol. The Morgan fingerprint density at radius 3 is 1.42 bits per heavy atom. The van der Waals surface area contributed by atoms with E-state index in [1.807, 2.05) is 0 Å². The number of unbranched alkanes of at least 4 members (excludes halogenated alkanes) is 1. The first-order chi connectivity index (χ1) is 32.2. The molecule has 4 rings (SSSR count). The normalized spacial score (nSPS) is 13.2. The van der Waals surface area contributed by atoms with Gasteiger partial charge in [0.2, 0.25) is 6.33 Å². The van der Waals surface area contributed by atoms with Crippen molar-refractivity contribution in [1.82, 2.24) is 4.57 Å². The lowest BCUT2D eigenvalue weighted by atomic mass is 9.80. The van der Waals surface area contributed by atoms with Crippen LogP contribution in [0.3, 0.4) is 0 Å². The van der Waals surface area contributed by atoms with Crippen molar-refractivity contribution in [3.63, 3.8) is 0 Å². The fourth-order valence-electron chi connectivity index (χ4n) is 8.60. The molecule has 1 heterocycles. The molecule has 382 valence electrons. The number of aromatic nitrogens is 2. The van der Waals surface area contributed by atoms with Crippen molar-refractivity contribution in [3.05, 3.63) is 128 Å². The van der Waals surface area contributed by atoms with Gasteiger partial charge in [0.05, 0.1) is 39.2 Å². The van der Waals surface area contributed by atoms with E-state index in [9.17, 15) is 0 Å². The van der Waals surface area contributed by atoms with Crippen molar-refractivity contribution < 1.29 is 23.5 Å². The summed E-state index contributed by atoms with van der Waals surface area (Å²) in [5.41, 5.74) is 14.6. The van der Waals surface area contributed by atoms with E-state index in [4.69, 9.17) is 18.9 Å². The summed E-state index contributed by atoms with van der Waals surface area (Å²) in [6.45, 7) is 46.7. The Morgan fingerprint density at radius 2 is 1.00 bits per heavy atom. The molecule has 0 amide bonds. The molecule has 6 heteroatoms. The van der Waals surface area contributed by atoms with Gasteiger partial charge in [0, 0.05) is 19.3 Å². The van der Waals surface area contributed by atoms with Gasteiger partial charge in [-0.05, 0) is 123 Å². The molecule has 4 aromatic rings. The van der Waals surface area contributed by atoms with Crippen molar-refractivity contribution >= 4 is 0 Å². The number of benzene rings is 3. The molecule has 0 aliphatic heterocycles. The van der Waals surface area contributed by atoms with Crippen molar-refractivity contribution in [2.75, 3.05) is 19.8 Å². The first-order valence-corrected chi connectivity index (χ1v) is 26.7. The largest absolute Gasteiger partial charge is 0.498 e. The molecule has 0 radical (unpaired) electrons. The van der Waals surface area contributed by atoms with Gasteiger partial charge < -0.3 is 18.9 Å². The number of hydrogen-bond donors (Lipinski definition) is 0. The molecular weight excluding hydrogens is 849 g/mol. The fourth-order valence-corrected chi connectivity index (χ4v) is 8.60. The van der Waals surface area contributed by atoms with Crippen LogP contribution in [-0.2, 0) is 66.9 Å². The highest BCUT2D eigenvalue weighted by Crippen LogP contribution is 2.42. The van der Waals surface area contributed by atoms with Gasteiger partial charge in [-0.25, -0.2) is 9.13 Å². The number of allylic oxidation sites excluding steroid dienone is 4. The summed E-state index contributed by atoms with van der Waals surface area (Å²) in [5.74, 6) is 3.93. The lowest BCUT2D eigenvalue weighted by Crippen LogP contribution is -2.23. The predicted molar refractivity (Wildman–Crippen MR) is 293 cm³/mol. The summed E-state index contributed by atoms with van der Waals surface area (Å²) in [5, 5.41) is 0. The standard InChI is InChI=1S/C63H97N2O4/c1-21-26-27-65-43-64(20)41-56(65)42-69-59-48(32-47(45(7)66-28-22-2)31-44(6)60(8,9)10)36-54(62(14,15)16)40-52(59)34-51-39-55(63(17,18)19)38-50(58(51)68-30-24-4)33-49-37-53(61(11,12)13)35-46(25-5)57(49)67-29-23-3/h31,35-41,43H,21-30,32-34,42H2,1-20H3/q+1/b44-31+,47-45-. The maximum absolute atomic E-state index is 7.35. The van der Waals surface area contributed by atoms with Crippen LogP contribution >= 0.6 is 0 Å². The Labute approximate surface area is 422 Å². The number of aryl methyl sites for hydroxylation is 3. The number of ether oxygens (including phenoxy) is 4. The van der Waals surface area contributed by atoms with E-state index in [0.29, 0.717) is 45.7 Å². The van der Waals surface area contributed by atoms with E-state index in [0.717, 1.165) is 68.1 Å². The van der Waals surface area contributed by atoms with Crippen LogP contribution in [0.1, 0.15) is 219 Å². The Bertz CT molecular complexity index is 2360. The van der Waals surface area contributed by atoms with E-state index >= 15 is 0 Å². The number of nitrogens with zero attached hydrogens (tertiary/aromatic N) is 2. The van der Waals surface area contributed by atoms with Gasteiger partial charge in [-0.3, -0.25) is 0 Å². The summed E-state index contributed by atoms with van der Waals surface area (Å²) in [4.78, 5) is 0. The summed E-state index contributed by atoms with van der Waals surface area (Å²) < 4.78 is 32.1. The minimum absolute atomic E-state index is 0.00713. The second-order valence-electron chi connectivity index (χ2n) is 23.9. The van der Waals surface area contributed by atoms with Crippen LogP contribution in [0.15, 0.2) is 71.9 Å². The van der Waals surface area contributed by atoms with Gasteiger partial charge in [0.25, 0.3) is 0 Å². The fraction of sp³-hybridized carbons (Fsp3) is 0.603. The molecule has 0 bridgehead atoms. The van der Waals surface area contributed by atoms with Crippen LogP contribution < -0.4 is 18.8 Å². The molecule has 69 heavy (non-hydrogen) atoms. The van der Waals surface area contributed by atoms with E-state index in [-0.39, 0.29) is 21.7 Å². The number of imidazole rings is 1. The maximum Gasteiger partial charge on any atom is 0.243 e. The van der Waals surface area contributed by atoms with Crippen LogP contribution in [-0.4, -0.2) is 24.4 Å². The lowest BCUT2D eigenvalue weighted by molar-refractivity contribution is -0.671. The Hall–Kier alpha value is -4.45. The molecule has 6 nitrogen and oxygen atoms in total. The average molecular weight is 946 g/mol. The van der Waals surface area contributed by atoms with Gasteiger partial charge in [0.1, 0.15) is 23.4 Å². The maximum atomic E-state index is 7.35. The third-order valence-corrected chi connectivity index (χ3v) is 13.5. The highest BCUT2D eigenvalue weighted by Gasteiger charge is 2.28. The summed E-state index contributed by atoms with van der Waals surface area (Å²) in [6.07, 6.45) is 14.8. The number of rotatable bonds is 23. The molecule has 3 aromatic carbocycles. The van der Waals surface area contributed by atoms with Gasteiger partial charge in [-0.15, -0.1) is 0 Å². The second-order valence-corrected chi connectivity index (χ2v) is 23.9. The van der Waals surface area contributed by atoms with E-state index in [1.165, 1.54) is 66.9 Å². The predicted octanol–water partition coefficient (Wildman–Crippen LogP) is 16.1. The zero-order valence-corrected chi connectivity index (χ0v) is 47.6. The molecule has 0 aliphatic rings. The minimum Gasteiger partial charge on any atom is -0.498 e. The second kappa shape index (κ2) is 24.6. The summed E-state index contributed by atoms with van der Waals surface area (Å²) >= 11 is 0. The molecule has 0 saturated carbocycles. The van der Waals surface area contributed by atoms with Gasteiger partial charge >= 0.3 is 0 Å². The lowest BCUT2D eigenvalue weighted by Gasteiger charge is -2.28. The first-order valence-electron chi connectivity index (χ1n) is 26.7. The van der Waals surface area contributed by atoms with Crippen LogP contribution in [0.5, 0.6) is 17.2 Å². The Morgan fingerprint density at radius 1 is 0.565 bits per heavy atom. The van der Waals surface area contributed by atoms with Crippen LogP contribution in [0.2, 0.25) is 0 Å². The van der Waals surface area contributed by atoms with E-state index in [2.05, 4.69) is 203 Å². The third kappa shape index (κ3) is 16.0. The summed E-state index contributed by atoms with van der Waals surface area (Å²) in [6, 6.07) is 14.5. The van der Waals surface area contributed by atoms with Gasteiger partial charge in [-0.1, -0.05) is 172 Å². The molecule has 0 saturated heterocycles. The quantitative estimate of drug-likeness (QED) is 0.0422. The van der Waals surface area contributed by atoms with Gasteiger partial charge in [-0.2, -0.15) is 0 Å². The zero-order chi connectivity index (χ0) is 51.5. The molecule has 0 N–H and O–H groups in total. The first kappa shape index (κ1) is 57.1. The van der Waals surface area contributed by atoms with Crippen molar-refractivity contribution in [3.8, 4) is 17.2 Å². The Kier molecular flexibility index (Phi) is 20.4. The smallest absolute Gasteiger partial charge is 0.243 e. The van der Waals surface area contributed by atoms with Gasteiger partial charge in [0.15, 0.2) is 12.3 Å². The minimum atomic E-state index is -0.122. The van der Waals surface area contributed by atoms with Crippen molar-refractivity contribution in [1.29, 1.82) is 0 Å². The average Bonchev–Trinajstić information content (AvgIpc) is 3.62. The molecule has 1 aromatic heterocycles. The highest BCUT2D eigenvalue weighted by atomic mass is 16.5. The molecule has 0 spiro atoms. The zero-order valence-electron chi connectivity index (χ0n) is 47.6. The highest BCUT2D eigenvalue weighted by molar-refractivity contribution is 5.57. The van der Waals surface area contributed by atoms with Crippen LogP contribution in [0, 0.1) is 5.41 Å². The SMILES string of the molecule is CCCCn1c[n+](C)cc1COc1c(CC(/C=C(\C)C(C)(C)C)=C(/C)OCCC)cc(C(C)(C)C)cc1Cc1cc(C(C)(C)C)cc(Cc2cc(C(C)(C)C)cc(CC)c2OCCC)c1OCCC. The molecular formula is C63H97N2O4+. The Balaban J connectivity index is 2.13. The third-order valence-electron chi connectivity index (χ3n) is 13.5. The topological polar surface area (TPSA) is 45.7 Å². The van der Waals surface area contributed by atoms with Crippen LogP contribution in [0.25, 0.3) is 0 Å². The summed E-state index contributed by atoms with van der Waals surface area (Å²) in [7, 11) is 2.11. The van der Waals surface area contributed by atoms with Crippen LogP contribution in [0.4, 0.5) is 0 Å². The molecule has 0 unspecified atom stereocenters. The van der Waals surface area contributed by atoms with E-state index < -0.39 is 0 Å². The molecule has 0 fully saturated rings. The van der Waals surface area contributed by atoms with Crippen molar-refractivity contribution in [2.24, 2.45) is 12.5 Å². The molecule has 0 atom stereocenters.